The van der Waals surface area contributed by atoms with Gasteiger partial charge in [0.2, 0.25) is 5.91 Å². The predicted octanol–water partition coefficient (Wildman–Crippen LogP) is 1.57. The first-order valence-electron chi connectivity index (χ1n) is 5.41. The largest absolute Gasteiger partial charge is 0.384 e. The molecular weight excluding hydrogens is 268 g/mol. The second kappa shape index (κ2) is 7.99. The molecule has 0 aromatic carbocycles. The van der Waals surface area contributed by atoms with Crippen molar-refractivity contribution in [1.82, 2.24) is 15.3 Å². The van der Waals surface area contributed by atoms with Gasteiger partial charge < -0.3 is 11.1 Å². The molecule has 98 valence electrons. The maximum absolute atomic E-state index is 11.1. The number of hydrogen-bond donors (Lipinski definition) is 2. The van der Waals surface area contributed by atoms with E-state index in [0.29, 0.717) is 23.3 Å². The standard InChI is InChI=1S/C11H16N4OS2/c1-3-13-9(16)5-4-6-18-11-14-8(12)7-10(15-11)17-2/h4-5,7H,3,6H2,1-2H3,(H,13,16)(H2,12,14,15). The highest BCUT2D eigenvalue weighted by molar-refractivity contribution is 7.99. The molecular formula is C11H16N4OS2. The van der Waals surface area contributed by atoms with E-state index in [2.05, 4.69) is 15.3 Å². The molecule has 0 aliphatic heterocycles. The zero-order chi connectivity index (χ0) is 13.4. The Labute approximate surface area is 115 Å². The van der Waals surface area contributed by atoms with Gasteiger partial charge in [0.1, 0.15) is 10.8 Å². The maximum atomic E-state index is 11.1. The minimum absolute atomic E-state index is 0.0867. The summed E-state index contributed by atoms with van der Waals surface area (Å²) >= 11 is 2.96. The van der Waals surface area contributed by atoms with Crippen molar-refractivity contribution in [2.45, 2.75) is 17.1 Å². The summed E-state index contributed by atoms with van der Waals surface area (Å²) in [5.74, 6) is 1.01. The van der Waals surface area contributed by atoms with Gasteiger partial charge in [0.15, 0.2) is 5.16 Å². The van der Waals surface area contributed by atoms with E-state index in [4.69, 9.17) is 5.73 Å². The van der Waals surface area contributed by atoms with Crippen LogP contribution in [0.2, 0.25) is 0 Å². The third-order valence-corrected chi connectivity index (χ3v) is 3.27. The molecule has 0 unspecified atom stereocenters. The summed E-state index contributed by atoms with van der Waals surface area (Å²) in [5.41, 5.74) is 5.67. The normalized spacial score (nSPS) is 10.8. The molecule has 3 N–H and O–H groups in total. The van der Waals surface area contributed by atoms with E-state index >= 15 is 0 Å². The molecule has 0 fully saturated rings. The molecule has 0 saturated heterocycles. The Morgan fingerprint density at radius 1 is 1.56 bits per heavy atom. The van der Waals surface area contributed by atoms with Crippen molar-refractivity contribution < 1.29 is 4.79 Å². The van der Waals surface area contributed by atoms with Crippen LogP contribution >= 0.6 is 23.5 Å². The van der Waals surface area contributed by atoms with E-state index in [-0.39, 0.29) is 5.91 Å². The number of aromatic nitrogens is 2. The van der Waals surface area contributed by atoms with Gasteiger partial charge in [0.05, 0.1) is 0 Å². The minimum Gasteiger partial charge on any atom is -0.384 e. The number of anilines is 1. The van der Waals surface area contributed by atoms with Gasteiger partial charge in [0, 0.05) is 18.4 Å². The fourth-order valence-electron chi connectivity index (χ4n) is 1.10. The SMILES string of the molecule is CCNC(=O)C=CCSc1nc(N)cc(SC)n1. The van der Waals surface area contributed by atoms with Gasteiger partial charge in [-0.15, -0.1) is 11.8 Å². The molecule has 0 radical (unpaired) electrons. The number of likely N-dealkylation sites (N-methyl/N-ethyl adjacent to an activating group) is 1. The monoisotopic (exact) mass is 284 g/mol. The first kappa shape index (κ1) is 14.8. The van der Waals surface area contributed by atoms with Crippen LogP contribution in [0, 0.1) is 0 Å². The van der Waals surface area contributed by atoms with E-state index in [1.807, 2.05) is 13.2 Å². The summed E-state index contributed by atoms with van der Waals surface area (Å²) in [6.07, 6.45) is 5.23. The van der Waals surface area contributed by atoms with E-state index in [1.165, 1.54) is 29.6 Å². The lowest BCUT2D eigenvalue weighted by molar-refractivity contribution is -0.116. The van der Waals surface area contributed by atoms with Crippen LogP contribution in [0.3, 0.4) is 0 Å². The second-order valence-electron chi connectivity index (χ2n) is 3.23. The summed E-state index contributed by atoms with van der Waals surface area (Å²) in [7, 11) is 0. The van der Waals surface area contributed by atoms with Crippen LogP contribution in [0.5, 0.6) is 0 Å². The third kappa shape index (κ3) is 5.42. The number of nitrogens with two attached hydrogens (primary N) is 1. The lowest BCUT2D eigenvalue weighted by atomic mass is 10.5. The number of thioether (sulfide) groups is 2. The molecule has 0 saturated carbocycles. The number of rotatable bonds is 6. The van der Waals surface area contributed by atoms with Gasteiger partial charge in [-0.3, -0.25) is 4.79 Å². The van der Waals surface area contributed by atoms with Crippen molar-refractivity contribution in [3.05, 3.63) is 18.2 Å². The Kier molecular flexibility index (Phi) is 6.59. The molecule has 0 aliphatic rings. The van der Waals surface area contributed by atoms with Crippen molar-refractivity contribution >= 4 is 35.2 Å². The van der Waals surface area contributed by atoms with Crippen LogP contribution in [-0.4, -0.2) is 34.4 Å². The van der Waals surface area contributed by atoms with Crippen LogP contribution in [0.25, 0.3) is 0 Å². The highest BCUT2D eigenvalue weighted by Gasteiger charge is 2.01. The van der Waals surface area contributed by atoms with Crippen LogP contribution in [-0.2, 0) is 4.79 Å². The molecule has 1 rings (SSSR count). The summed E-state index contributed by atoms with van der Waals surface area (Å²) in [6, 6.07) is 1.74. The molecule has 1 aromatic rings. The minimum atomic E-state index is -0.0867. The fourth-order valence-corrected chi connectivity index (χ4v) is 2.25. The molecule has 18 heavy (non-hydrogen) atoms. The first-order valence-corrected chi connectivity index (χ1v) is 7.62. The summed E-state index contributed by atoms with van der Waals surface area (Å²) in [4.78, 5) is 19.6. The Morgan fingerprint density at radius 2 is 2.33 bits per heavy atom. The Hall–Kier alpha value is -1.21. The average Bonchev–Trinajstić information content (AvgIpc) is 2.34. The van der Waals surface area contributed by atoms with Crippen molar-refractivity contribution in [2.75, 3.05) is 24.3 Å². The number of nitrogens with zero attached hydrogens (tertiary/aromatic N) is 2. The number of nitrogens with one attached hydrogen (secondary N) is 1. The smallest absolute Gasteiger partial charge is 0.243 e. The van der Waals surface area contributed by atoms with Crippen molar-refractivity contribution in [2.24, 2.45) is 0 Å². The first-order chi connectivity index (χ1) is 8.65. The molecule has 0 aliphatic carbocycles. The van der Waals surface area contributed by atoms with Crippen LogP contribution in [0.1, 0.15) is 6.92 Å². The molecule has 5 nitrogen and oxygen atoms in total. The maximum Gasteiger partial charge on any atom is 0.243 e. The quantitative estimate of drug-likeness (QED) is 0.357. The lowest BCUT2D eigenvalue weighted by Crippen LogP contribution is -2.19. The highest BCUT2D eigenvalue weighted by Crippen LogP contribution is 2.20. The van der Waals surface area contributed by atoms with Gasteiger partial charge in [-0.1, -0.05) is 17.8 Å². The van der Waals surface area contributed by atoms with E-state index < -0.39 is 0 Å². The molecule has 1 heterocycles. The number of carbonyl (C=O) groups is 1. The lowest BCUT2D eigenvalue weighted by Gasteiger charge is -2.01. The van der Waals surface area contributed by atoms with Crippen LogP contribution < -0.4 is 11.1 Å². The number of nitrogen functional groups attached to an aromatic ring is 1. The van der Waals surface area contributed by atoms with E-state index in [1.54, 1.807) is 12.1 Å². The number of amides is 1. The molecule has 1 amide bonds. The number of hydrogen-bond acceptors (Lipinski definition) is 6. The van der Waals surface area contributed by atoms with Gasteiger partial charge in [-0.2, -0.15) is 0 Å². The summed E-state index contributed by atoms with van der Waals surface area (Å²) in [5, 5.41) is 4.15. The van der Waals surface area contributed by atoms with Gasteiger partial charge in [-0.05, 0) is 19.3 Å². The Balaban J connectivity index is 2.48. The second-order valence-corrected chi connectivity index (χ2v) is 5.04. The van der Waals surface area contributed by atoms with Gasteiger partial charge >= 0.3 is 0 Å². The predicted molar refractivity (Wildman–Crippen MR) is 76.8 cm³/mol. The summed E-state index contributed by atoms with van der Waals surface area (Å²) < 4.78 is 0. The Morgan fingerprint density at radius 3 is 3.00 bits per heavy atom. The Bertz CT molecular complexity index is 437. The zero-order valence-electron chi connectivity index (χ0n) is 10.3. The third-order valence-electron chi connectivity index (χ3n) is 1.84. The van der Waals surface area contributed by atoms with Gasteiger partial charge in [-0.25, -0.2) is 9.97 Å². The van der Waals surface area contributed by atoms with Crippen molar-refractivity contribution in [3.63, 3.8) is 0 Å². The van der Waals surface area contributed by atoms with Crippen molar-refractivity contribution in [3.8, 4) is 0 Å². The van der Waals surface area contributed by atoms with Gasteiger partial charge in [0.25, 0.3) is 0 Å². The van der Waals surface area contributed by atoms with E-state index in [0.717, 1.165) is 5.03 Å². The van der Waals surface area contributed by atoms with Crippen molar-refractivity contribution in [1.29, 1.82) is 0 Å². The highest BCUT2D eigenvalue weighted by atomic mass is 32.2. The summed E-state index contributed by atoms with van der Waals surface area (Å²) in [6.45, 7) is 2.51. The van der Waals surface area contributed by atoms with E-state index in [9.17, 15) is 4.79 Å². The topological polar surface area (TPSA) is 80.9 Å². The molecule has 0 spiro atoms. The fraction of sp³-hybridized carbons (Fsp3) is 0.364. The molecule has 0 atom stereocenters. The molecule has 1 aromatic heterocycles. The molecule has 7 heteroatoms. The zero-order valence-corrected chi connectivity index (χ0v) is 12.0. The average molecular weight is 284 g/mol. The number of carbonyl (C=O) groups excluding carboxylic acids is 1. The van der Waals surface area contributed by atoms with Crippen LogP contribution in [0.4, 0.5) is 5.82 Å². The van der Waals surface area contributed by atoms with Crippen LogP contribution in [0.15, 0.2) is 28.4 Å². The molecule has 0 bridgehead atoms.